The molecule has 0 saturated carbocycles. The van der Waals surface area contributed by atoms with Crippen LogP contribution in [-0.4, -0.2) is 49.1 Å². The zero-order valence-electron chi connectivity index (χ0n) is 17.8. The molecule has 1 unspecified atom stereocenters. The number of aliphatic hydroxyl groups is 1. The van der Waals surface area contributed by atoms with Crippen molar-refractivity contribution in [1.29, 1.82) is 0 Å². The van der Waals surface area contributed by atoms with Crippen LogP contribution in [0, 0.1) is 13.8 Å². The molecule has 1 heterocycles. The summed E-state index contributed by atoms with van der Waals surface area (Å²) in [5.74, 6) is -0.782. The van der Waals surface area contributed by atoms with Crippen LogP contribution in [-0.2, 0) is 14.3 Å². The number of carbonyl (C=O) groups excluding carboxylic acids is 2. The number of amides is 1. The molecule has 3 rings (SSSR count). The summed E-state index contributed by atoms with van der Waals surface area (Å²) in [6.45, 7) is 4.64. The van der Waals surface area contributed by atoms with Gasteiger partial charge >= 0.3 is 0 Å². The predicted octanol–water partition coefficient (Wildman–Crippen LogP) is 3.77. The van der Waals surface area contributed by atoms with Crippen LogP contribution in [0.15, 0.2) is 48.0 Å². The lowest BCUT2D eigenvalue weighted by Gasteiger charge is -2.25. The molecule has 1 atom stereocenters. The van der Waals surface area contributed by atoms with E-state index in [1.165, 1.54) is 4.90 Å². The maximum absolute atomic E-state index is 13.0. The Labute approximate surface area is 176 Å². The van der Waals surface area contributed by atoms with Gasteiger partial charge < -0.3 is 19.5 Å². The molecule has 6 nitrogen and oxygen atoms in total. The molecule has 1 amide bonds. The minimum atomic E-state index is -0.676. The van der Waals surface area contributed by atoms with E-state index in [1.807, 2.05) is 38.1 Å². The number of carbonyl (C=O) groups is 2. The van der Waals surface area contributed by atoms with Gasteiger partial charge in [0, 0.05) is 25.8 Å². The predicted molar refractivity (Wildman–Crippen MR) is 114 cm³/mol. The molecule has 1 N–H and O–H groups in total. The smallest absolute Gasteiger partial charge is 0.295 e. The molecule has 1 aliphatic heterocycles. The summed E-state index contributed by atoms with van der Waals surface area (Å²) in [5, 5.41) is 11.1. The van der Waals surface area contributed by atoms with Crippen molar-refractivity contribution in [3.63, 3.8) is 0 Å². The fraction of sp³-hybridized carbons (Fsp3) is 0.333. The van der Waals surface area contributed by atoms with E-state index in [0.717, 1.165) is 16.7 Å². The highest BCUT2D eigenvalue weighted by Gasteiger charge is 2.45. The molecular formula is C24H27NO5. The van der Waals surface area contributed by atoms with Crippen molar-refractivity contribution < 1.29 is 24.2 Å². The Balaban J connectivity index is 2.13. The third kappa shape index (κ3) is 4.09. The van der Waals surface area contributed by atoms with E-state index < -0.39 is 17.7 Å². The number of benzene rings is 2. The molecular weight excluding hydrogens is 382 g/mol. The molecule has 6 heteroatoms. The van der Waals surface area contributed by atoms with Crippen molar-refractivity contribution in [2.24, 2.45) is 0 Å². The SMILES string of the molecule is COCCCN1C(=O)C(=O)/C(=C(\O)c2ccc(OC)c(C)c2)C1c1cccc(C)c1. The minimum absolute atomic E-state index is 0.104. The van der Waals surface area contributed by atoms with E-state index in [4.69, 9.17) is 9.47 Å². The fourth-order valence-electron chi connectivity index (χ4n) is 3.86. The Kier molecular flexibility index (Phi) is 6.57. The van der Waals surface area contributed by atoms with Crippen LogP contribution in [0.1, 0.15) is 34.7 Å². The average Bonchev–Trinajstić information content (AvgIpc) is 2.98. The van der Waals surface area contributed by atoms with Gasteiger partial charge in [0.25, 0.3) is 11.7 Å². The summed E-state index contributed by atoms with van der Waals surface area (Å²) < 4.78 is 10.4. The molecule has 0 bridgehead atoms. The van der Waals surface area contributed by atoms with Crippen molar-refractivity contribution in [2.45, 2.75) is 26.3 Å². The molecule has 2 aromatic rings. The molecule has 0 spiro atoms. The topological polar surface area (TPSA) is 76.1 Å². The first-order valence-electron chi connectivity index (χ1n) is 9.88. The van der Waals surface area contributed by atoms with Gasteiger partial charge in [0.05, 0.1) is 18.7 Å². The normalized spacial score (nSPS) is 18.1. The Hall–Kier alpha value is -3.12. The number of nitrogens with zero attached hydrogens (tertiary/aromatic N) is 1. The number of ether oxygens (including phenoxy) is 2. The number of hydrogen-bond donors (Lipinski definition) is 1. The van der Waals surface area contributed by atoms with Crippen LogP contribution >= 0.6 is 0 Å². The van der Waals surface area contributed by atoms with Gasteiger partial charge in [-0.25, -0.2) is 0 Å². The van der Waals surface area contributed by atoms with Crippen molar-refractivity contribution in [2.75, 3.05) is 27.4 Å². The third-order valence-corrected chi connectivity index (χ3v) is 5.31. The molecule has 0 aromatic heterocycles. The van der Waals surface area contributed by atoms with Gasteiger partial charge in [-0.2, -0.15) is 0 Å². The van der Waals surface area contributed by atoms with Crippen molar-refractivity contribution in [1.82, 2.24) is 4.90 Å². The van der Waals surface area contributed by atoms with E-state index in [-0.39, 0.29) is 11.3 Å². The molecule has 1 aliphatic rings. The molecule has 0 aliphatic carbocycles. The van der Waals surface area contributed by atoms with Crippen LogP contribution in [0.25, 0.3) is 5.76 Å². The molecule has 158 valence electrons. The van der Waals surface area contributed by atoms with Crippen molar-refractivity contribution >= 4 is 17.4 Å². The monoisotopic (exact) mass is 409 g/mol. The second-order valence-corrected chi connectivity index (χ2v) is 7.44. The first kappa shape index (κ1) is 21.6. The van der Waals surface area contributed by atoms with Gasteiger partial charge in [-0.3, -0.25) is 9.59 Å². The largest absolute Gasteiger partial charge is 0.507 e. The van der Waals surface area contributed by atoms with Crippen LogP contribution in [0.2, 0.25) is 0 Å². The maximum atomic E-state index is 13.0. The Bertz CT molecular complexity index is 995. The van der Waals surface area contributed by atoms with Crippen LogP contribution in [0.5, 0.6) is 5.75 Å². The first-order valence-corrected chi connectivity index (χ1v) is 9.88. The van der Waals surface area contributed by atoms with Gasteiger partial charge in [0.1, 0.15) is 11.5 Å². The summed E-state index contributed by atoms with van der Waals surface area (Å²) >= 11 is 0. The molecule has 2 aromatic carbocycles. The summed E-state index contributed by atoms with van der Waals surface area (Å²) in [7, 11) is 3.17. The maximum Gasteiger partial charge on any atom is 0.295 e. The lowest BCUT2D eigenvalue weighted by Crippen LogP contribution is -2.31. The zero-order chi connectivity index (χ0) is 21.8. The van der Waals surface area contributed by atoms with Gasteiger partial charge in [-0.1, -0.05) is 29.8 Å². The standard InChI is InChI=1S/C24H27NO5/c1-15-7-5-8-17(13-15)21-20(23(27)24(28)25(21)11-6-12-29-3)22(26)18-9-10-19(30-4)16(2)14-18/h5,7-10,13-14,21,26H,6,11-12H2,1-4H3/b22-20-. The van der Waals surface area contributed by atoms with Crippen LogP contribution < -0.4 is 4.74 Å². The highest BCUT2D eigenvalue weighted by molar-refractivity contribution is 6.46. The third-order valence-electron chi connectivity index (χ3n) is 5.31. The Morgan fingerprint density at radius 2 is 1.87 bits per heavy atom. The number of rotatable bonds is 7. The molecule has 30 heavy (non-hydrogen) atoms. The lowest BCUT2D eigenvalue weighted by atomic mass is 9.94. The summed E-state index contributed by atoms with van der Waals surface area (Å²) in [5.41, 5.74) is 3.20. The van der Waals surface area contributed by atoms with Gasteiger partial charge in [-0.15, -0.1) is 0 Å². The van der Waals surface area contributed by atoms with Gasteiger partial charge in [0.2, 0.25) is 0 Å². The quantitative estimate of drug-likeness (QED) is 0.326. The van der Waals surface area contributed by atoms with Crippen LogP contribution in [0.3, 0.4) is 0 Å². The molecule has 1 fully saturated rings. The summed E-state index contributed by atoms with van der Waals surface area (Å²) in [6.07, 6.45) is 0.591. The van der Waals surface area contributed by atoms with E-state index in [0.29, 0.717) is 30.9 Å². The Morgan fingerprint density at radius 3 is 2.50 bits per heavy atom. The minimum Gasteiger partial charge on any atom is -0.507 e. The lowest BCUT2D eigenvalue weighted by molar-refractivity contribution is -0.140. The fourth-order valence-corrected chi connectivity index (χ4v) is 3.86. The number of methoxy groups -OCH3 is 2. The first-order chi connectivity index (χ1) is 14.4. The van der Waals surface area contributed by atoms with E-state index >= 15 is 0 Å². The van der Waals surface area contributed by atoms with Crippen molar-refractivity contribution in [3.05, 3.63) is 70.3 Å². The second kappa shape index (κ2) is 9.13. The number of hydrogen-bond acceptors (Lipinski definition) is 5. The summed E-state index contributed by atoms with van der Waals surface area (Å²) in [4.78, 5) is 27.4. The number of likely N-dealkylation sites (tertiary alicyclic amines) is 1. The highest BCUT2D eigenvalue weighted by Crippen LogP contribution is 2.40. The summed E-state index contributed by atoms with van der Waals surface area (Å²) in [6, 6.07) is 12.2. The number of Topliss-reactive ketones (excluding diaryl/α,β-unsaturated/α-hetero) is 1. The average molecular weight is 409 g/mol. The van der Waals surface area contributed by atoms with Crippen molar-refractivity contribution in [3.8, 4) is 5.75 Å². The number of aliphatic hydroxyl groups excluding tert-OH is 1. The number of ketones is 1. The van der Waals surface area contributed by atoms with E-state index in [1.54, 1.807) is 32.4 Å². The van der Waals surface area contributed by atoms with Gasteiger partial charge in [-0.05, 0) is 49.6 Å². The second-order valence-electron chi connectivity index (χ2n) is 7.44. The van der Waals surface area contributed by atoms with E-state index in [2.05, 4.69) is 0 Å². The Morgan fingerprint density at radius 1 is 1.10 bits per heavy atom. The van der Waals surface area contributed by atoms with Gasteiger partial charge in [0.15, 0.2) is 0 Å². The highest BCUT2D eigenvalue weighted by atomic mass is 16.5. The zero-order valence-corrected chi connectivity index (χ0v) is 17.8. The molecule has 1 saturated heterocycles. The number of aryl methyl sites for hydroxylation is 2. The molecule has 0 radical (unpaired) electrons. The van der Waals surface area contributed by atoms with Crippen LogP contribution in [0.4, 0.5) is 0 Å². The van der Waals surface area contributed by atoms with E-state index in [9.17, 15) is 14.7 Å².